The van der Waals surface area contributed by atoms with Crippen molar-refractivity contribution >= 4 is 33.7 Å². The fraction of sp³-hybridized carbons (Fsp3) is 0.257. The van der Waals surface area contributed by atoms with Gasteiger partial charge in [0, 0.05) is 65.0 Å². The molecule has 0 bridgehead atoms. The molecule has 0 saturated heterocycles. The molecule has 0 amide bonds. The molecule has 0 N–H and O–H groups in total. The van der Waals surface area contributed by atoms with Crippen LogP contribution in [0.15, 0.2) is 96.4 Å². The van der Waals surface area contributed by atoms with E-state index >= 15 is 0 Å². The summed E-state index contributed by atoms with van der Waals surface area (Å²) < 4.78 is 10.0. The number of ether oxygens (including phenoxy) is 1. The van der Waals surface area contributed by atoms with Gasteiger partial charge in [-0.1, -0.05) is 54.3 Å². The van der Waals surface area contributed by atoms with Gasteiger partial charge < -0.3 is 14.4 Å². The molecule has 4 aromatic rings. The quantitative estimate of drug-likeness (QED) is 0.222. The van der Waals surface area contributed by atoms with Crippen LogP contribution in [0.4, 0.5) is 5.69 Å². The maximum Gasteiger partial charge on any atom is 0.209 e. The van der Waals surface area contributed by atoms with Gasteiger partial charge in [-0.05, 0) is 51.5 Å². The van der Waals surface area contributed by atoms with Gasteiger partial charge in [0.05, 0.1) is 11.5 Å². The molecule has 3 aromatic carbocycles. The van der Waals surface area contributed by atoms with Gasteiger partial charge in [0.1, 0.15) is 5.75 Å². The lowest BCUT2D eigenvalue weighted by molar-refractivity contribution is -0.437. The van der Waals surface area contributed by atoms with E-state index in [-0.39, 0.29) is 34.2 Å². The van der Waals surface area contributed by atoms with Crippen LogP contribution in [0.5, 0.6) is 5.75 Å². The minimum Gasteiger partial charge on any atom is -0.871 e. The molecule has 0 saturated carbocycles. The van der Waals surface area contributed by atoms with Gasteiger partial charge in [-0.15, -0.1) is 0 Å². The highest BCUT2D eigenvalue weighted by Crippen LogP contribution is 2.43. The molecule has 5 nitrogen and oxygen atoms in total. The molecule has 0 atom stereocenters. The molecule has 40 heavy (non-hydrogen) atoms. The van der Waals surface area contributed by atoms with E-state index in [1.54, 1.807) is 0 Å². The predicted molar refractivity (Wildman–Crippen MR) is 158 cm³/mol. The number of benzene rings is 3. The van der Waals surface area contributed by atoms with Crippen LogP contribution in [0, 0.1) is 0 Å². The normalized spacial score (nSPS) is 17.2. The van der Waals surface area contributed by atoms with E-state index in [9.17, 15) is 9.90 Å². The molecule has 2 aliphatic rings. The molecule has 0 spiro atoms. The molecular weight excluding hydrogens is 496 g/mol. The summed E-state index contributed by atoms with van der Waals surface area (Å²) in [6.07, 6.45) is 4.68. The number of Topliss-reactive ketones (excluding diaryl/α,β-unsaturated/α-hetero) is 1. The van der Waals surface area contributed by atoms with Crippen molar-refractivity contribution in [2.45, 2.75) is 45.6 Å². The Labute approximate surface area is 235 Å². The average Bonchev–Trinajstić information content (AvgIpc) is 3.37. The molecule has 202 valence electrons. The van der Waals surface area contributed by atoms with Crippen molar-refractivity contribution in [2.75, 3.05) is 6.54 Å². The van der Waals surface area contributed by atoms with E-state index in [1.807, 2.05) is 86.3 Å². The second-order valence-corrected chi connectivity index (χ2v) is 11.5. The van der Waals surface area contributed by atoms with Crippen LogP contribution < -0.4 is 9.84 Å². The molecule has 2 heterocycles. The molecule has 1 aliphatic carbocycles. The number of hydrogen-bond acceptors (Lipinski definition) is 3. The van der Waals surface area contributed by atoms with Crippen molar-refractivity contribution in [3.63, 3.8) is 0 Å². The van der Waals surface area contributed by atoms with E-state index in [1.165, 1.54) is 11.1 Å². The Morgan fingerprint density at radius 1 is 1.00 bits per heavy atom. The number of nitrogens with zero attached hydrogens (tertiary/aromatic N) is 2. The van der Waals surface area contributed by atoms with Gasteiger partial charge in [0.25, 0.3) is 0 Å². The number of rotatable bonds is 7. The zero-order valence-corrected chi connectivity index (χ0v) is 23.7. The third-order valence-electron chi connectivity index (χ3n) is 8.11. The van der Waals surface area contributed by atoms with Crippen LogP contribution >= 0.6 is 0 Å². The number of allylic oxidation sites excluding steroid dienone is 3. The summed E-state index contributed by atoms with van der Waals surface area (Å²) >= 11 is 0. The second-order valence-electron chi connectivity index (χ2n) is 11.5. The van der Waals surface area contributed by atoms with Gasteiger partial charge in [0.15, 0.2) is 18.0 Å². The average molecular weight is 531 g/mol. The molecule has 5 heteroatoms. The lowest BCUT2D eigenvalue weighted by Gasteiger charge is -2.30. The number of aromatic nitrogens is 1. The highest BCUT2D eigenvalue weighted by atomic mass is 16.5. The van der Waals surface area contributed by atoms with Crippen LogP contribution in [0.2, 0.25) is 0 Å². The van der Waals surface area contributed by atoms with Crippen LogP contribution in [0.1, 0.15) is 44.4 Å². The second kappa shape index (κ2) is 9.67. The van der Waals surface area contributed by atoms with E-state index < -0.39 is 0 Å². The molecule has 1 aliphatic heterocycles. The van der Waals surface area contributed by atoms with Crippen molar-refractivity contribution in [1.82, 2.24) is 4.57 Å². The van der Waals surface area contributed by atoms with E-state index in [4.69, 9.17) is 4.74 Å². The van der Waals surface area contributed by atoms with E-state index in [0.717, 1.165) is 41.0 Å². The van der Waals surface area contributed by atoms with Crippen LogP contribution in [-0.4, -0.2) is 33.3 Å². The summed E-state index contributed by atoms with van der Waals surface area (Å²) in [6.45, 7) is 9.10. The fourth-order valence-corrected chi connectivity index (χ4v) is 6.06. The van der Waals surface area contributed by atoms with Gasteiger partial charge in [-0.2, -0.15) is 4.58 Å². The number of carbonyl (C=O) groups is 1. The Hall–Kier alpha value is -4.38. The Bertz CT molecular complexity index is 1750. The predicted octanol–water partition coefficient (Wildman–Crippen LogP) is 5.87. The highest BCUT2D eigenvalue weighted by molar-refractivity contribution is 6.41. The number of carbonyl (C=O) groups excluding carboxylic acids is 1. The first kappa shape index (κ1) is 25.9. The first-order valence-electron chi connectivity index (χ1n) is 13.9. The fourth-order valence-electron chi connectivity index (χ4n) is 6.06. The Morgan fingerprint density at radius 3 is 2.42 bits per heavy atom. The summed E-state index contributed by atoms with van der Waals surface area (Å²) in [7, 11) is 1.94. The first-order valence-corrected chi connectivity index (χ1v) is 13.9. The number of aryl methyl sites for hydroxylation is 1. The minimum absolute atomic E-state index is 0.134. The summed E-state index contributed by atoms with van der Waals surface area (Å²) in [5.74, 6) is 0.506. The van der Waals surface area contributed by atoms with Crippen molar-refractivity contribution in [1.29, 1.82) is 0 Å². The third kappa shape index (κ3) is 4.17. The number of para-hydroxylation sites is 2. The summed E-state index contributed by atoms with van der Waals surface area (Å²) in [5, 5.41) is 14.4. The molecule has 0 radical (unpaired) electrons. The lowest BCUT2D eigenvalue weighted by atomic mass is 9.77. The summed E-state index contributed by atoms with van der Waals surface area (Å²) in [5.41, 5.74) is 6.40. The van der Waals surface area contributed by atoms with Gasteiger partial charge in [0.2, 0.25) is 5.69 Å². The maximum atomic E-state index is 13.5. The zero-order valence-electron chi connectivity index (χ0n) is 23.7. The van der Waals surface area contributed by atoms with Gasteiger partial charge >= 0.3 is 0 Å². The highest BCUT2D eigenvalue weighted by Gasteiger charge is 2.45. The number of fused-ring (bicyclic) bond motifs is 2. The number of ketones is 1. The summed E-state index contributed by atoms with van der Waals surface area (Å²) in [4.78, 5) is 13.5. The van der Waals surface area contributed by atoms with Crippen molar-refractivity contribution in [3.8, 4) is 5.75 Å². The Kier molecular flexibility index (Phi) is 6.25. The SMILES string of the molecule is CC(C)Oc1ccc(CC[N+]2=C(/C=C3\C(=O)C(c4cn(C)c5ccccc45)=C3[O-])C(C)(C)c3ccccc32)cc1. The van der Waals surface area contributed by atoms with Gasteiger partial charge in [-0.3, -0.25) is 4.79 Å². The molecule has 6 rings (SSSR count). The Morgan fingerprint density at radius 2 is 1.70 bits per heavy atom. The van der Waals surface area contributed by atoms with Crippen LogP contribution in [-0.2, 0) is 23.7 Å². The van der Waals surface area contributed by atoms with E-state index in [0.29, 0.717) is 5.56 Å². The maximum absolute atomic E-state index is 13.5. The zero-order chi connectivity index (χ0) is 28.2. The molecule has 0 fully saturated rings. The van der Waals surface area contributed by atoms with Crippen molar-refractivity contribution < 1.29 is 19.2 Å². The van der Waals surface area contributed by atoms with Gasteiger partial charge in [-0.25, -0.2) is 0 Å². The smallest absolute Gasteiger partial charge is 0.209 e. The molecule has 1 aromatic heterocycles. The minimum atomic E-state index is -0.353. The number of hydrogen-bond donors (Lipinski definition) is 0. The van der Waals surface area contributed by atoms with E-state index in [2.05, 4.69) is 42.7 Å². The van der Waals surface area contributed by atoms with Crippen LogP contribution in [0.3, 0.4) is 0 Å². The van der Waals surface area contributed by atoms with Crippen molar-refractivity contribution in [3.05, 3.63) is 113 Å². The van der Waals surface area contributed by atoms with Crippen molar-refractivity contribution in [2.24, 2.45) is 7.05 Å². The van der Waals surface area contributed by atoms with Crippen LogP contribution in [0.25, 0.3) is 16.5 Å². The summed E-state index contributed by atoms with van der Waals surface area (Å²) in [6, 6.07) is 24.5. The topological polar surface area (TPSA) is 57.3 Å². The third-order valence-corrected chi connectivity index (χ3v) is 8.11. The lowest BCUT2D eigenvalue weighted by Crippen LogP contribution is -2.34. The Balaban J connectivity index is 1.38. The standard InChI is InChI=1S/C35H34N2O3/c1-22(2)40-24-16-14-23(15-17-24)18-19-37-30-13-9-7-11-28(30)35(3,4)31(37)20-26-33(38)32(34(26)39)27-21-36(5)29-12-8-6-10-25(27)29/h6-17,20-22H,18-19H2,1-5H3. The first-order chi connectivity index (χ1) is 19.2. The monoisotopic (exact) mass is 530 g/mol. The molecular formula is C35H34N2O3. The molecule has 0 unspecified atom stereocenters. The largest absolute Gasteiger partial charge is 0.871 e.